The predicted octanol–water partition coefficient (Wildman–Crippen LogP) is 7.64. The number of carbonyl (C=O) groups excluding carboxylic acids is 2. The number of nitrogens with one attached hydrogen (secondary N) is 2. The summed E-state index contributed by atoms with van der Waals surface area (Å²) in [5.74, 6) is -0.797. The summed E-state index contributed by atoms with van der Waals surface area (Å²) in [7, 11) is 0. The van der Waals surface area contributed by atoms with Gasteiger partial charge in [-0.3, -0.25) is 10.1 Å². The molecule has 0 bridgehead atoms. The van der Waals surface area contributed by atoms with Crippen LogP contribution in [0, 0.1) is 5.82 Å². The Morgan fingerprint density at radius 1 is 1.05 bits per heavy atom. The summed E-state index contributed by atoms with van der Waals surface area (Å²) in [5.41, 5.74) is 2.32. The molecule has 0 radical (unpaired) electrons. The Balaban J connectivity index is 1.27. The Labute approximate surface area is 250 Å². The average Bonchev–Trinajstić information content (AvgIpc) is 2.97. The third kappa shape index (κ3) is 6.69. The van der Waals surface area contributed by atoms with Gasteiger partial charge in [-0.2, -0.15) is 0 Å². The fraction of sp³-hybridized carbons (Fsp3) is 0.375. The van der Waals surface area contributed by atoms with Crippen LogP contribution < -0.4 is 10.6 Å². The first-order chi connectivity index (χ1) is 19.8. The molecule has 2 aliphatic heterocycles. The number of halogens is 3. The van der Waals surface area contributed by atoms with E-state index in [0.29, 0.717) is 60.2 Å². The van der Waals surface area contributed by atoms with E-state index in [1.54, 1.807) is 18.2 Å². The van der Waals surface area contributed by atoms with Gasteiger partial charge in [-0.1, -0.05) is 66.5 Å². The van der Waals surface area contributed by atoms with Crippen molar-refractivity contribution in [1.82, 2.24) is 10.2 Å². The highest BCUT2D eigenvalue weighted by atomic mass is 35.5. The molecule has 5 rings (SSSR count). The van der Waals surface area contributed by atoms with Crippen LogP contribution in [-0.2, 0) is 21.7 Å². The van der Waals surface area contributed by atoms with E-state index < -0.39 is 11.7 Å². The van der Waals surface area contributed by atoms with Gasteiger partial charge in [-0.05, 0) is 60.7 Å². The van der Waals surface area contributed by atoms with E-state index in [1.807, 2.05) is 36.4 Å². The minimum atomic E-state index is -0.839. The van der Waals surface area contributed by atoms with Gasteiger partial charge in [0.05, 0.1) is 21.7 Å². The Hall–Kier alpha value is -3.13. The number of hydrogen-bond donors (Lipinski definition) is 2. The lowest BCUT2D eigenvalue weighted by Crippen LogP contribution is -2.51. The maximum absolute atomic E-state index is 14.1. The zero-order chi connectivity index (χ0) is 29.0. The molecule has 1 saturated heterocycles. The van der Waals surface area contributed by atoms with Crippen molar-refractivity contribution in [3.05, 3.63) is 99.3 Å². The van der Waals surface area contributed by atoms with E-state index in [4.69, 9.17) is 27.9 Å². The van der Waals surface area contributed by atoms with Crippen LogP contribution in [0.3, 0.4) is 0 Å². The van der Waals surface area contributed by atoms with Crippen LogP contribution in [0.5, 0.6) is 0 Å². The van der Waals surface area contributed by atoms with Gasteiger partial charge in [0.25, 0.3) is 0 Å². The Kier molecular flexibility index (Phi) is 9.17. The van der Waals surface area contributed by atoms with Gasteiger partial charge in [-0.25, -0.2) is 9.18 Å². The van der Waals surface area contributed by atoms with Crippen molar-refractivity contribution in [2.75, 3.05) is 18.4 Å². The van der Waals surface area contributed by atoms with Gasteiger partial charge in [0, 0.05) is 44.1 Å². The van der Waals surface area contributed by atoms with Crippen LogP contribution in [0.25, 0.3) is 0 Å². The molecule has 216 valence electrons. The van der Waals surface area contributed by atoms with Crippen LogP contribution in [0.1, 0.15) is 61.6 Å². The van der Waals surface area contributed by atoms with Crippen LogP contribution >= 0.6 is 23.2 Å². The normalized spacial score (nSPS) is 17.7. The van der Waals surface area contributed by atoms with Crippen LogP contribution in [-0.4, -0.2) is 36.0 Å². The second-order valence-corrected chi connectivity index (χ2v) is 11.6. The summed E-state index contributed by atoms with van der Waals surface area (Å²) in [6.07, 6.45) is 2.96. The van der Waals surface area contributed by atoms with Crippen molar-refractivity contribution in [3.8, 4) is 0 Å². The fourth-order valence-electron chi connectivity index (χ4n) is 6.08. The topological polar surface area (TPSA) is 70.7 Å². The maximum Gasteiger partial charge on any atom is 0.412 e. The summed E-state index contributed by atoms with van der Waals surface area (Å²) < 4.78 is 20.0. The van der Waals surface area contributed by atoms with Crippen molar-refractivity contribution >= 4 is 40.9 Å². The third-order valence-corrected chi connectivity index (χ3v) is 9.09. The van der Waals surface area contributed by atoms with Crippen LogP contribution in [0.15, 0.2) is 66.7 Å². The average molecular weight is 599 g/mol. The lowest BCUT2D eigenvalue weighted by molar-refractivity contribution is -0.123. The lowest BCUT2D eigenvalue weighted by atomic mass is 9.81. The van der Waals surface area contributed by atoms with Crippen molar-refractivity contribution in [2.45, 2.75) is 63.1 Å². The minimum Gasteiger partial charge on any atom is -0.438 e. The Morgan fingerprint density at radius 2 is 1.80 bits per heavy atom. The third-order valence-electron chi connectivity index (χ3n) is 8.35. The standard InChI is InChI=1S/C32H34Cl2FN3O3/c1-2-24(38-16-14-32(15-17-38)26-19-23(35)9-13-29(26)37-31(40)41-32)10-11-25(22-8-12-27(33)28(34)18-22)30(39)36-20-21-6-4-3-5-7-21/h3-9,12-13,18-19,24-25H,2,10-11,14-17,20H2,1H3,(H,36,39)(H,37,40). The van der Waals surface area contributed by atoms with Crippen molar-refractivity contribution in [2.24, 2.45) is 0 Å². The first-order valence-corrected chi connectivity index (χ1v) is 14.8. The van der Waals surface area contributed by atoms with E-state index >= 15 is 0 Å². The highest BCUT2D eigenvalue weighted by Gasteiger charge is 2.45. The first-order valence-electron chi connectivity index (χ1n) is 14.1. The van der Waals surface area contributed by atoms with E-state index in [2.05, 4.69) is 22.5 Å². The highest BCUT2D eigenvalue weighted by molar-refractivity contribution is 6.42. The summed E-state index contributed by atoms with van der Waals surface area (Å²) in [6, 6.07) is 19.8. The molecule has 2 aliphatic rings. The SMILES string of the molecule is CCC(CCC(C(=O)NCc1ccccc1)c1ccc(Cl)c(Cl)c1)N1CCC2(CC1)OC(=O)Nc1ccc(F)cc12. The van der Waals surface area contributed by atoms with E-state index in [-0.39, 0.29) is 23.7 Å². The molecule has 0 aromatic heterocycles. The van der Waals surface area contributed by atoms with Crippen LogP contribution in [0.2, 0.25) is 10.0 Å². The summed E-state index contributed by atoms with van der Waals surface area (Å²) in [4.78, 5) is 28.2. The number of fused-ring (bicyclic) bond motifs is 2. The number of benzene rings is 3. The number of carbonyl (C=O) groups is 2. The van der Waals surface area contributed by atoms with E-state index in [1.165, 1.54) is 12.1 Å². The second kappa shape index (κ2) is 12.8. The van der Waals surface area contributed by atoms with Crippen molar-refractivity contribution < 1.29 is 18.7 Å². The van der Waals surface area contributed by atoms with Crippen molar-refractivity contribution in [3.63, 3.8) is 0 Å². The Bertz CT molecular complexity index is 1400. The van der Waals surface area contributed by atoms with Crippen LogP contribution in [0.4, 0.5) is 14.9 Å². The Morgan fingerprint density at radius 3 is 2.51 bits per heavy atom. The first kappa shape index (κ1) is 29.4. The molecular formula is C32H34Cl2FN3O3. The smallest absolute Gasteiger partial charge is 0.412 e. The number of nitrogens with zero attached hydrogens (tertiary/aromatic N) is 1. The molecule has 1 spiro atoms. The van der Waals surface area contributed by atoms with E-state index in [9.17, 15) is 14.0 Å². The minimum absolute atomic E-state index is 0.0556. The molecule has 0 saturated carbocycles. The fourth-order valence-corrected chi connectivity index (χ4v) is 6.39. The van der Waals surface area contributed by atoms with E-state index in [0.717, 1.165) is 24.0 Å². The quantitative estimate of drug-likeness (QED) is 0.266. The molecule has 2 heterocycles. The molecule has 2 amide bonds. The molecule has 2 N–H and O–H groups in total. The monoisotopic (exact) mass is 597 g/mol. The lowest BCUT2D eigenvalue weighted by Gasteiger charge is -2.46. The molecule has 9 heteroatoms. The largest absolute Gasteiger partial charge is 0.438 e. The number of likely N-dealkylation sites (tertiary alicyclic amines) is 1. The number of anilines is 1. The molecule has 3 aromatic carbocycles. The molecule has 41 heavy (non-hydrogen) atoms. The van der Waals surface area contributed by atoms with Gasteiger partial charge in [0.15, 0.2) is 0 Å². The number of piperidine rings is 1. The molecule has 3 aromatic rings. The van der Waals surface area contributed by atoms with Gasteiger partial charge in [0.1, 0.15) is 11.4 Å². The van der Waals surface area contributed by atoms with Crippen molar-refractivity contribution in [1.29, 1.82) is 0 Å². The molecule has 1 fully saturated rings. The number of amides is 2. The molecule has 2 unspecified atom stereocenters. The zero-order valence-corrected chi connectivity index (χ0v) is 24.5. The molecule has 2 atom stereocenters. The zero-order valence-electron chi connectivity index (χ0n) is 23.0. The number of ether oxygens (including phenoxy) is 1. The summed E-state index contributed by atoms with van der Waals surface area (Å²) in [6.45, 7) is 3.98. The predicted molar refractivity (Wildman–Crippen MR) is 160 cm³/mol. The van der Waals surface area contributed by atoms with Gasteiger partial charge >= 0.3 is 6.09 Å². The molecular weight excluding hydrogens is 564 g/mol. The summed E-state index contributed by atoms with van der Waals surface area (Å²) in [5, 5.41) is 6.66. The van der Waals surface area contributed by atoms with Gasteiger partial charge in [0.2, 0.25) is 5.91 Å². The number of rotatable bonds is 9. The van der Waals surface area contributed by atoms with Gasteiger partial charge < -0.3 is 15.0 Å². The summed E-state index contributed by atoms with van der Waals surface area (Å²) >= 11 is 12.5. The number of hydrogen-bond acceptors (Lipinski definition) is 4. The molecule has 6 nitrogen and oxygen atoms in total. The maximum atomic E-state index is 14.1. The van der Waals surface area contributed by atoms with Gasteiger partial charge in [-0.15, -0.1) is 0 Å². The second-order valence-electron chi connectivity index (χ2n) is 10.8. The highest BCUT2D eigenvalue weighted by Crippen LogP contribution is 2.44. The molecule has 0 aliphatic carbocycles.